The van der Waals surface area contributed by atoms with E-state index in [0.29, 0.717) is 5.56 Å². The minimum absolute atomic E-state index is 0.204. The van der Waals surface area contributed by atoms with Gasteiger partial charge in [0.15, 0.2) is 0 Å². The van der Waals surface area contributed by atoms with Crippen molar-refractivity contribution in [2.24, 2.45) is 0 Å². The fourth-order valence-electron chi connectivity index (χ4n) is 1.03. The number of benzene rings is 1. The molecule has 0 amide bonds. The van der Waals surface area contributed by atoms with Crippen LogP contribution < -0.4 is 0 Å². The van der Waals surface area contributed by atoms with Crippen LogP contribution in [0.2, 0.25) is 5.02 Å². The molecule has 1 aromatic rings. The van der Waals surface area contributed by atoms with E-state index < -0.39 is 17.3 Å². The van der Waals surface area contributed by atoms with E-state index in [1.807, 2.05) is 0 Å². The first-order valence-electron chi connectivity index (χ1n) is 3.81. The Morgan fingerprint density at radius 3 is 2.71 bits per heavy atom. The molecule has 0 saturated heterocycles. The van der Waals surface area contributed by atoms with Gasteiger partial charge in [0.1, 0.15) is 11.9 Å². The zero-order valence-corrected chi connectivity index (χ0v) is 8.77. The second-order valence-corrected chi connectivity index (χ2v) is 3.38. The number of hydrogen-bond acceptors (Lipinski definition) is 2. The Morgan fingerprint density at radius 1 is 1.57 bits per heavy atom. The number of carbonyl (C=O) groups is 1. The Kier molecular flexibility index (Phi) is 3.72. The van der Waals surface area contributed by atoms with Gasteiger partial charge < -0.3 is 4.74 Å². The Labute approximate surface area is 90.6 Å². The summed E-state index contributed by atoms with van der Waals surface area (Å²) in [6, 6.07) is 3.83. The smallest absolute Gasteiger partial charge is 0.404 e. The van der Waals surface area contributed by atoms with Crippen molar-refractivity contribution in [3.05, 3.63) is 34.6 Å². The largest absolute Gasteiger partial charge is 0.446 e. The Hall–Kier alpha value is -0.800. The van der Waals surface area contributed by atoms with Gasteiger partial charge in [0.25, 0.3) is 0 Å². The van der Waals surface area contributed by atoms with Crippen LogP contribution in [0.3, 0.4) is 0 Å². The lowest BCUT2D eigenvalue weighted by molar-refractivity contribution is 0.132. The molecule has 1 rings (SSSR count). The van der Waals surface area contributed by atoms with Crippen molar-refractivity contribution in [1.29, 1.82) is 0 Å². The summed E-state index contributed by atoms with van der Waals surface area (Å²) in [6.45, 7) is 1.60. The maximum atomic E-state index is 12.7. The highest BCUT2D eigenvalue weighted by Crippen LogP contribution is 2.26. The zero-order valence-electron chi connectivity index (χ0n) is 7.26. The van der Waals surface area contributed by atoms with E-state index in [9.17, 15) is 9.18 Å². The fraction of sp³-hybridized carbons (Fsp3) is 0.222. The summed E-state index contributed by atoms with van der Waals surface area (Å²) in [5.41, 5.74) is -0.403. The topological polar surface area (TPSA) is 26.3 Å². The van der Waals surface area contributed by atoms with E-state index in [0.717, 1.165) is 6.07 Å². The van der Waals surface area contributed by atoms with Crippen molar-refractivity contribution in [3.8, 4) is 0 Å². The fourth-order valence-corrected chi connectivity index (χ4v) is 1.49. The standard InChI is InChI=1S/C9H7Cl2FO2/c1-5(14-9(11)13)7-3-2-6(12)4-8(7)10/h2-5H,1H3/t5-/m1/s1. The molecule has 1 aromatic carbocycles. The molecule has 0 unspecified atom stereocenters. The number of carbonyl (C=O) groups excluding carboxylic acids is 1. The average Bonchev–Trinajstić information content (AvgIpc) is 2.01. The van der Waals surface area contributed by atoms with Crippen LogP contribution in [0.1, 0.15) is 18.6 Å². The molecule has 0 aliphatic carbocycles. The SMILES string of the molecule is C[C@@H](OC(=O)Cl)c1ccc(F)cc1Cl. The average molecular weight is 237 g/mol. The maximum absolute atomic E-state index is 12.7. The molecule has 76 valence electrons. The summed E-state index contributed by atoms with van der Waals surface area (Å²) < 4.78 is 17.3. The monoisotopic (exact) mass is 236 g/mol. The minimum atomic E-state index is -0.919. The van der Waals surface area contributed by atoms with E-state index in [-0.39, 0.29) is 5.02 Å². The summed E-state index contributed by atoms with van der Waals surface area (Å²) in [7, 11) is 0. The molecule has 5 heteroatoms. The van der Waals surface area contributed by atoms with E-state index in [4.69, 9.17) is 23.2 Å². The van der Waals surface area contributed by atoms with Crippen LogP contribution in [0.15, 0.2) is 18.2 Å². The predicted molar refractivity (Wildman–Crippen MR) is 52.2 cm³/mol. The maximum Gasteiger partial charge on any atom is 0.404 e. The molecule has 0 radical (unpaired) electrons. The first-order valence-corrected chi connectivity index (χ1v) is 4.57. The molecule has 0 aromatic heterocycles. The Morgan fingerprint density at radius 2 is 2.21 bits per heavy atom. The molecule has 0 aliphatic rings. The molecule has 0 spiro atoms. The highest BCUT2D eigenvalue weighted by molar-refractivity contribution is 6.61. The van der Waals surface area contributed by atoms with Crippen molar-refractivity contribution < 1.29 is 13.9 Å². The lowest BCUT2D eigenvalue weighted by Gasteiger charge is -2.12. The van der Waals surface area contributed by atoms with Gasteiger partial charge in [-0.15, -0.1) is 0 Å². The Balaban J connectivity index is 2.90. The molecule has 0 bridgehead atoms. The normalized spacial score (nSPS) is 12.3. The first-order chi connectivity index (χ1) is 6.50. The second kappa shape index (κ2) is 4.62. The highest BCUT2D eigenvalue weighted by atomic mass is 35.5. The summed E-state index contributed by atoms with van der Waals surface area (Å²) in [4.78, 5) is 10.4. The number of rotatable bonds is 2. The number of ether oxygens (including phenoxy) is 1. The first kappa shape index (κ1) is 11.3. The van der Waals surface area contributed by atoms with Crippen LogP contribution in [0.4, 0.5) is 9.18 Å². The van der Waals surface area contributed by atoms with Gasteiger partial charge in [-0.2, -0.15) is 0 Å². The molecule has 0 heterocycles. The molecule has 14 heavy (non-hydrogen) atoms. The van der Waals surface area contributed by atoms with E-state index >= 15 is 0 Å². The summed E-state index contributed by atoms with van der Waals surface area (Å²) >= 11 is 10.8. The predicted octanol–water partition coefficient (Wildman–Crippen LogP) is 3.92. The van der Waals surface area contributed by atoms with Crippen molar-refractivity contribution in [1.82, 2.24) is 0 Å². The minimum Gasteiger partial charge on any atom is -0.446 e. The van der Waals surface area contributed by atoms with Gasteiger partial charge in [-0.1, -0.05) is 17.7 Å². The van der Waals surface area contributed by atoms with Crippen LogP contribution in [0.5, 0.6) is 0 Å². The van der Waals surface area contributed by atoms with Gasteiger partial charge in [0, 0.05) is 17.2 Å². The summed E-state index contributed by atoms with van der Waals surface area (Å²) in [6.07, 6.45) is -0.590. The van der Waals surface area contributed by atoms with Crippen LogP contribution in [0.25, 0.3) is 0 Å². The molecular formula is C9H7Cl2FO2. The second-order valence-electron chi connectivity index (χ2n) is 2.66. The quantitative estimate of drug-likeness (QED) is 0.728. The lowest BCUT2D eigenvalue weighted by Crippen LogP contribution is -2.02. The molecule has 0 fully saturated rings. The number of halogens is 3. The lowest BCUT2D eigenvalue weighted by atomic mass is 10.1. The molecule has 1 atom stereocenters. The number of hydrogen-bond donors (Lipinski definition) is 0. The van der Waals surface area contributed by atoms with E-state index in [1.54, 1.807) is 6.92 Å². The van der Waals surface area contributed by atoms with Crippen molar-refractivity contribution in [2.75, 3.05) is 0 Å². The molecule has 2 nitrogen and oxygen atoms in total. The molecule has 0 aliphatic heterocycles. The van der Waals surface area contributed by atoms with Gasteiger partial charge in [0.2, 0.25) is 0 Å². The summed E-state index contributed by atoms with van der Waals surface area (Å²) in [5, 5.41) is 0.204. The van der Waals surface area contributed by atoms with E-state index in [1.165, 1.54) is 12.1 Å². The van der Waals surface area contributed by atoms with Crippen LogP contribution in [0, 0.1) is 5.82 Å². The zero-order chi connectivity index (χ0) is 10.7. The Bertz CT molecular complexity index is 355. The van der Waals surface area contributed by atoms with Gasteiger partial charge in [-0.05, 0) is 19.1 Å². The third-order valence-corrected chi connectivity index (χ3v) is 2.09. The summed E-state index contributed by atoms with van der Waals surface area (Å²) in [5.74, 6) is -0.442. The molecular weight excluding hydrogens is 230 g/mol. The van der Waals surface area contributed by atoms with Crippen molar-refractivity contribution in [3.63, 3.8) is 0 Å². The van der Waals surface area contributed by atoms with Gasteiger partial charge in [0.05, 0.1) is 5.02 Å². The third kappa shape index (κ3) is 2.86. The van der Waals surface area contributed by atoms with Crippen LogP contribution >= 0.6 is 23.2 Å². The van der Waals surface area contributed by atoms with Crippen LogP contribution in [-0.4, -0.2) is 5.43 Å². The van der Waals surface area contributed by atoms with Gasteiger partial charge in [-0.3, -0.25) is 0 Å². The van der Waals surface area contributed by atoms with E-state index in [2.05, 4.69) is 4.74 Å². The van der Waals surface area contributed by atoms with Crippen molar-refractivity contribution >= 4 is 28.6 Å². The highest BCUT2D eigenvalue weighted by Gasteiger charge is 2.13. The molecule has 0 N–H and O–H groups in total. The van der Waals surface area contributed by atoms with Gasteiger partial charge >= 0.3 is 5.43 Å². The van der Waals surface area contributed by atoms with Crippen molar-refractivity contribution in [2.45, 2.75) is 13.0 Å². The third-order valence-electron chi connectivity index (χ3n) is 1.67. The molecule has 0 saturated carbocycles. The van der Waals surface area contributed by atoms with Gasteiger partial charge in [-0.25, -0.2) is 9.18 Å². The van der Waals surface area contributed by atoms with Crippen LogP contribution in [-0.2, 0) is 4.74 Å².